The van der Waals surface area contributed by atoms with E-state index in [-0.39, 0.29) is 61.3 Å². The number of thioether (sulfide) groups is 3. The highest BCUT2D eigenvalue weighted by molar-refractivity contribution is 8.08. The van der Waals surface area contributed by atoms with Gasteiger partial charge in [-0.05, 0) is 37.1 Å². The second-order valence-electron chi connectivity index (χ2n) is 17.9. The minimum Gasteiger partial charge on any atom is -0.379 e. The molecule has 6 amide bonds. The normalized spacial score (nSPS) is 16.9. The van der Waals surface area contributed by atoms with Crippen molar-refractivity contribution >= 4 is 64.9 Å². The fraction of sp³-hybridized carbons (Fsp3) is 0.655. The van der Waals surface area contributed by atoms with Crippen LogP contribution in [0.3, 0.4) is 0 Å². The largest absolute Gasteiger partial charge is 0.379 e. The minimum atomic E-state index is -0.314. The SMILES string of the molecule is O=C(CCCC[C@@H]1SC[C@@H]2NC(=O)N[C@@H]21)NCCOCCOCCOCCOCCNC(=O)CCOCCOCCOCCOCCOCCOCCOCCOCCN1C(=O)C(Sc2ccccc2)=C(Sc2ccccc2)C1=O. The van der Waals surface area contributed by atoms with Crippen LogP contribution in [0.25, 0.3) is 0 Å². The standard InChI is InChI=1S/C55H83N5O17S3/c61-48(14-8-7-13-47-50-46(43-78-47)58-55(65)59-50)56-16-20-67-24-28-71-32-33-72-29-25-68-21-17-57-49(62)15-19-66-23-27-70-31-35-74-37-39-76-41-42-77-40-38-75-36-34-73-30-26-69-22-18-60-53(63)51(79-44-9-3-1-4-10-44)52(54(60)64)80-45-11-5-2-6-12-45/h1-6,9-12,46-47,50H,7-8,13-43H2,(H,56,61)(H,57,62)(H2,58,59,65)/t46-,47-,50-/m0/s1. The van der Waals surface area contributed by atoms with E-state index in [2.05, 4.69) is 21.3 Å². The van der Waals surface area contributed by atoms with E-state index in [0.717, 1.165) is 34.8 Å². The molecule has 4 N–H and O–H groups in total. The van der Waals surface area contributed by atoms with Gasteiger partial charge >= 0.3 is 6.03 Å². The third-order valence-corrected chi connectivity index (χ3v) is 15.7. The van der Waals surface area contributed by atoms with Crippen molar-refractivity contribution in [2.45, 2.75) is 59.2 Å². The van der Waals surface area contributed by atoms with E-state index in [1.807, 2.05) is 72.4 Å². The van der Waals surface area contributed by atoms with Gasteiger partial charge < -0.3 is 78.1 Å². The molecule has 3 atom stereocenters. The Morgan fingerprint density at radius 1 is 0.475 bits per heavy atom. The summed E-state index contributed by atoms with van der Waals surface area (Å²) in [6.07, 6.45) is 3.52. The van der Waals surface area contributed by atoms with Crippen molar-refractivity contribution in [1.29, 1.82) is 0 Å². The Hall–Kier alpha value is -3.90. The molecule has 0 bridgehead atoms. The molecule has 5 rings (SSSR count). The summed E-state index contributed by atoms with van der Waals surface area (Å²) in [4.78, 5) is 66.2. The first-order chi connectivity index (χ1) is 39.4. The van der Waals surface area contributed by atoms with Gasteiger partial charge in [0.05, 0.1) is 187 Å². The zero-order valence-corrected chi connectivity index (χ0v) is 48.4. The summed E-state index contributed by atoms with van der Waals surface area (Å²) in [6, 6.07) is 19.5. The third-order valence-electron chi connectivity index (χ3n) is 11.9. The van der Waals surface area contributed by atoms with Crippen molar-refractivity contribution < 1.29 is 80.8 Å². The van der Waals surface area contributed by atoms with Crippen molar-refractivity contribution in [2.75, 3.05) is 184 Å². The Morgan fingerprint density at radius 3 is 1.27 bits per heavy atom. The molecule has 0 spiro atoms. The maximum atomic E-state index is 13.4. The van der Waals surface area contributed by atoms with Gasteiger partial charge in [-0.15, -0.1) is 0 Å². The molecule has 2 saturated heterocycles. The van der Waals surface area contributed by atoms with Gasteiger partial charge in [-0.25, -0.2) is 4.79 Å². The van der Waals surface area contributed by atoms with Crippen molar-refractivity contribution in [3.05, 3.63) is 70.5 Å². The molecule has 3 aliphatic rings. The summed E-state index contributed by atoms with van der Waals surface area (Å²) in [5.74, 6) is 0.232. The highest BCUT2D eigenvalue weighted by atomic mass is 32.2. The van der Waals surface area contributed by atoms with Crippen LogP contribution in [-0.4, -0.2) is 236 Å². The van der Waals surface area contributed by atoms with E-state index in [1.54, 1.807) is 0 Å². The number of amides is 6. The van der Waals surface area contributed by atoms with Crippen LogP contribution in [0.15, 0.2) is 80.3 Å². The Kier molecular flexibility index (Phi) is 36.6. The molecule has 3 heterocycles. The lowest BCUT2D eigenvalue weighted by atomic mass is 10.0. The monoisotopic (exact) mass is 1180 g/mol. The van der Waals surface area contributed by atoms with E-state index >= 15 is 0 Å². The number of ether oxygens (including phenoxy) is 12. The maximum absolute atomic E-state index is 13.4. The molecule has 0 saturated carbocycles. The molecule has 448 valence electrons. The van der Waals surface area contributed by atoms with E-state index < -0.39 is 0 Å². The van der Waals surface area contributed by atoms with Crippen LogP contribution in [-0.2, 0) is 76.0 Å². The second kappa shape index (κ2) is 43.7. The van der Waals surface area contributed by atoms with Gasteiger partial charge in [-0.1, -0.05) is 66.3 Å². The lowest BCUT2D eigenvalue weighted by molar-refractivity contribution is -0.138. The predicted molar refractivity (Wildman–Crippen MR) is 303 cm³/mol. The number of fused-ring (bicyclic) bond motifs is 1. The highest BCUT2D eigenvalue weighted by Crippen LogP contribution is 2.42. The van der Waals surface area contributed by atoms with Crippen molar-refractivity contribution in [1.82, 2.24) is 26.2 Å². The topological polar surface area (TPSA) is 247 Å². The average molecular weight is 1180 g/mol. The van der Waals surface area contributed by atoms with E-state index in [0.29, 0.717) is 187 Å². The number of nitrogens with zero attached hydrogens (tertiary/aromatic N) is 1. The van der Waals surface area contributed by atoms with Crippen LogP contribution in [0.1, 0.15) is 32.1 Å². The van der Waals surface area contributed by atoms with Crippen LogP contribution < -0.4 is 21.3 Å². The molecule has 0 unspecified atom stereocenters. The predicted octanol–water partition coefficient (Wildman–Crippen LogP) is 3.70. The minimum absolute atomic E-state index is 0.0262. The first-order valence-electron chi connectivity index (χ1n) is 27.6. The first kappa shape index (κ1) is 66.9. The van der Waals surface area contributed by atoms with E-state index in [9.17, 15) is 24.0 Å². The van der Waals surface area contributed by atoms with Gasteiger partial charge in [0, 0.05) is 46.7 Å². The number of imide groups is 1. The van der Waals surface area contributed by atoms with Gasteiger partial charge in [0.2, 0.25) is 11.8 Å². The van der Waals surface area contributed by atoms with Crippen LogP contribution in [0.2, 0.25) is 0 Å². The Bertz CT molecular complexity index is 1990. The average Bonchev–Trinajstić information content (AvgIpc) is 4.12. The van der Waals surface area contributed by atoms with Crippen LogP contribution in [0.5, 0.6) is 0 Å². The van der Waals surface area contributed by atoms with Gasteiger partial charge in [-0.2, -0.15) is 11.8 Å². The molecule has 0 radical (unpaired) electrons. The smallest absolute Gasteiger partial charge is 0.315 e. The molecule has 2 fully saturated rings. The molecular formula is C55H83N5O17S3. The first-order valence-corrected chi connectivity index (χ1v) is 30.3. The molecule has 0 aliphatic carbocycles. The summed E-state index contributed by atoms with van der Waals surface area (Å²) in [5.41, 5.74) is 0. The highest BCUT2D eigenvalue weighted by Gasteiger charge is 2.42. The Morgan fingerprint density at radius 2 is 0.850 bits per heavy atom. The zero-order chi connectivity index (χ0) is 56.3. The summed E-state index contributed by atoms with van der Waals surface area (Å²) in [6.45, 7) is 10.6. The van der Waals surface area contributed by atoms with Gasteiger partial charge in [0.25, 0.3) is 11.8 Å². The fourth-order valence-electron chi connectivity index (χ4n) is 7.83. The van der Waals surface area contributed by atoms with E-state index in [1.165, 1.54) is 28.4 Å². The molecule has 2 aromatic rings. The van der Waals surface area contributed by atoms with Crippen LogP contribution in [0, 0.1) is 0 Å². The molecule has 3 aliphatic heterocycles. The fourth-order valence-corrected chi connectivity index (χ4v) is 11.4. The molecule has 25 heteroatoms. The Labute approximate surface area is 483 Å². The molecule has 22 nitrogen and oxygen atoms in total. The van der Waals surface area contributed by atoms with Crippen molar-refractivity contribution in [3.63, 3.8) is 0 Å². The molecule has 80 heavy (non-hydrogen) atoms. The lowest BCUT2D eigenvalue weighted by Crippen LogP contribution is -2.36. The van der Waals surface area contributed by atoms with Gasteiger partial charge in [0.1, 0.15) is 0 Å². The number of hydrogen-bond acceptors (Lipinski definition) is 20. The number of urea groups is 1. The molecular weight excluding hydrogens is 1100 g/mol. The summed E-state index contributed by atoms with van der Waals surface area (Å²) in [5, 5.41) is 12.1. The number of rotatable bonds is 51. The van der Waals surface area contributed by atoms with Crippen molar-refractivity contribution in [3.8, 4) is 0 Å². The summed E-state index contributed by atoms with van der Waals surface area (Å²) < 4.78 is 66.4. The van der Waals surface area contributed by atoms with Crippen LogP contribution >= 0.6 is 35.3 Å². The number of hydrogen-bond donors (Lipinski definition) is 4. The van der Waals surface area contributed by atoms with Gasteiger partial charge in [-0.3, -0.25) is 24.1 Å². The van der Waals surface area contributed by atoms with Crippen molar-refractivity contribution in [2.24, 2.45) is 0 Å². The third kappa shape index (κ3) is 29.4. The molecule has 2 aromatic carbocycles. The summed E-state index contributed by atoms with van der Waals surface area (Å²) >= 11 is 4.50. The Balaban J connectivity index is 0.663. The number of unbranched alkanes of at least 4 members (excludes halogenated alkanes) is 1. The lowest BCUT2D eigenvalue weighted by Gasteiger charge is -2.16. The second-order valence-corrected chi connectivity index (χ2v) is 21.4. The molecule has 0 aromatic heterocycles. The quantitative estimate of drug-likeness (QED) is 0.0419. The maximum Gasteiger partial charge on any atom is 0.315 e. The number of nitrogens with one attached hydrogen (secondary N) is 4. The summed E-state index contributed by atoms with van der Waals surface area (Å²) in [7, 11) is 0. The number of carbonyl (C=O) groups is 5. The van der Waals surface area contributed by atoms with E-state index in [4.69, 9.17) is 56.8 Å². The van der Waals surface area contributed by atoms with Crippen LogP contribution in [0.4, 0.5) is 4.79 Å². The zero-order valence-electron chi connectivity index (χ0n) is 46.0. The number of carbonyl (C=O) groups excluding carboxylic acids is 5. The van der Waals surface area contributed by atoms with Gasteiger partial charge in [0.15, 0.2) is 0 Å². The number of benzene rings is 2.